The quantitative estimate of drug-likeness (QED) is 0.897. The van der Waals surface area contributed by atoms with Crippen molar-refractivity contribution in [2.24, 2.45) is 0 Å². The molecule has 2 aromatic rings. The number of nitrogens with one attached hydrogen (secondary N) is 1. The minimum Gasteiger partial charge on any atom is -0.489 e. The molecule has 19 heavy (non-hydrogen) atoms. The van der Waals surface area contributed by atoms with Crippen LogP contribution in [0.3, 0.4) is 0 Å². The zero-order valence-electron chi connectivity index (χ0n) is 10.9. The highest BCUT2D eigenvalue weighted by Gasteiger charge is 2.07. The lowest BCUT2D eigenvalue weighted by Crippen LogP contribution is -2.28. The summed E-state index contributed by atoms with van der Waals surface area (Å²) in [7, 11) is 1.87. The summed E-state index contributed by atoms with van der Waals surface area (Å²) in [6.07, 6.45) is 3.11. The number of halogens is 1. The van der Waals surface area contributed by atoms with Crippen molar-refractivity contribution >= 4 is 0 Å². The normalized spacial score (nSPS) is 12.2. The fourth-order valence-electron chi connectivity index (χ4n) is 1.48. The molecule has 0 amide bonds. The summed E-state index contributed by atoms with van der Waals surface area (Å²) in [4.78, 5) is 8.23. The van der Waals surface area contributed by atoms with Gasteiger partial charge in [-0.15, -0.1) is 0 Å². The Bertz CT molecular complexity index is 530. The Morgan fingerprint density at radius 2 is 1.95 bits per heavy atom. The van der Waals surface area contributed by atoms with E-state index >= 15 is 0 Å². The van der Waals surface area contributed by atoms with E-state index < -0.39 is 0 Å². The molecule has 0 aliphatic heterocycles. The third-order valence-corrected chi connectivity index (χ3v) is 2.74. The van der Waals surface area contributed by atoms with Crippen LogP contribution >= 0.6 is 0 Å². The van der Waals surface area contributed by atoms with Crippen LogP contribution in [0.5, 0.6) is 5.75 Å². The third kappa shape index (κ3) is 3.48. The lowest BCUT2D eigenvalue weighted by atomic mass is 10.2. The smallest absolute Gasteiger partial charge is 0.162 e. The first-order valence-corrected chi connectivity index (χ1v) is 6.07. The zero-order chi connectivity index (χ0) is 13.7. The molecule has 4 nitrogen and oxygen atoms in total. The van der Waals surface area contributed by atoms with Gasteiger partial charge >= 0.3 is 0 Å². The predicted molar refractivity (Wildman–Crippen MR) is 71.4 cm³/mol. The minimum atomic E-state index is -0.333. The number of benzene rings is 1. The maximum absolute atomic E-state index is 13.6. The van der Waals surface area contributed by atoms with Crippen molar-refractivity contribution in [2.75, 3.05) is 13.7 Å². The van der Waals surface area contributed by atoms with Crippen LogP contribution in [-0.2, 0) is 0 Å². The second kappa shape index (κ2) is 6.24. The van der Waals surface area contributed by atoms with Crippen molar-refractivity contribution in [3.05, 3.63) is 42.5 Å². The Balaban J connectivity index is 2.09. The first kappa shape index (κ1) is 13.4. The van der Waals surface area contributed by atoms with Crippen LogP contribution in [0, 0.1) is 5.82 Å². The number of hydrogen-bond acceptors (Lipinski definition) is 4. The second-order valence-electron chi connectivity index (χ2n) is 4.22. The van der Waals surface area contributed by atoms with Gasteiger partial charge in [0.25, 0.3) is 0 Å². The Labute approximate surface area is 111 Å². The van der Waals surface area contributed by atoms with Gasteiger partial charge < -0.3 is 10.1 Å². The summed E-state index contributed by atoms with van der Waals surface area (Å²) in [6, 6.07) is 6.66. The topological polar surface area (TPSA) is 47.0 Å². The largest absolute Gasteiger partial charge is 0.489 e. The SMILES string of the molecule is CNC(C)COc1cnc(-c2ccccc2F)nc1. The first-order chi connectivity index (χ1) is 9.20. The highest BCUT2D eigenvalue weighted by Crippen LogP contribution is 2.19. The van der Waals surface area contributed by atoms with E-state index in [1.807, 2.05) is 14.0 Å². The molecule has 1 aromatic carbocycles. The Hall–Kier alpha value is -2.01. The predicted octanol–water partition coefficient (Wildman–Crippen LogP) is 2.27. The first-order valence-electron chi connectivity index (χ1n) is 6.07. The molecule has 0 saturated carbocycles. The van der Waals surface area contributed by atoms with Crippen LogP contribution in [0.4, 0.5) is 4.39 Å². The molecule has 0 aliphatic rings. The van der Waals surface area contributed by atoms with E-state index in [1.165, 1.54) is 6.07 Å². The lowest BCUT2D eigenvalue weighted by molar-refractivity contribution is 0.278. The maximum atomic E-state index is 13.6. The number of aromatic nitrogens is 2. The summed E-state index contributed by atoms with van der Waals surface area (Å²) < 4.78 is 19.1. The molecule has 100 valence electrons. The van der Waals surface area contributed by atoms with Crippen molar-refractivity contribution in [3.8, 4) is 17.1 Å². The van der Waals surface area contributed by atoms with E-state index in [1.54, 1.807) is 30.6 Å². The molecule has 0 radical (unpaired) electrons. The van der Waals surface area contributed by atoms with Crippen LogP contribution in [0.1, 0.15) is 6.92 Å². The maximum Gasteiger partial charge on any atom is 0.162 e. The van der Waals surface area contributed by atoms with Gasteiger partial charge in [-0.25, -0.2) is 14.4 Å². The molecule has 1 heterocycles. The number of rotatable bonds is 5. The standard InChI is InChI=1S/C14H16FN3O/c1-10(16-2)9-19-11-7-17-14(18-8-11)12-5-3-4-6-13(12)15/h3-8,10,16H,9H2,1-2H3. The number of hydrogen-bond donors (Lipinski definition) is 1. The Morgan fingerprint density at radius 3 is 2.58 bits per heavy atom. The van der Waals surface area contributed by atoms with Crippen molar-refractivity contribution in [3.63, 3.8) is 0 Å². The molecule has 2 rings (SSSR count). The van der Waals surface area contributed by atoms with Crippen molar-refractivity contribution in [2.45, 2.75) is 13.0 Å². The minimum absolute atomic E-state index is 0.242. The monoisotopic (exact) mass is 261 g/mol. The molecule has 0 fully saturated rings. The lowest BCUT2D eigenvalue weighted by Gasteiger charge is -2.11. The van der Waals surface area contributed by atoms with Gasteiger partial charge in [0.15, 0.2) is 11.6 Å². The summed E-state index contributed by atoms with van der Waals surface area (Å²) in [6.45, 7) is 2.54. The highest BCUT2D eigenvalue weighted by atomic mass is 19.1. The molecular weight excluding hydrogens is 245 g/mol. The molecule has 0 saturated heterocycles. The summed E-state index contributed by atoms with van der Waals surface area (Å²) in [5.74, 6) is 0.592. The van der Waals surface area contributed by atoms with Gasteiger partial charge in [0.05, 0.1) is 18.0 Å². The summed E-state index contributed by atoms with van der Waals surface area (Å²) in [5, 5.41) is 3.06. The van der Waals surface area contributed by atoms with Crippen LogP contribution < -0.4 is 10.1 Å². The molecule has 0 bridgehead atoms. The zero-order valence-corrected chi connectivity index (χ0v) is 10.9. The molecule has 1 atom stereocenters. The van der Waals surface area contributed by atoms with E-state index in [-0.39, 0.29) is 11.9 Å². The molecule has 0 spiro atoms. The van der Waals surface area contributed by atoms with E-state index in [0.29, 0.717) is 23.7 Å². The van der Waals surface area contributed by atoms with Crippen LogP contribution in [0.25, 0.3) is 11.4 Å². The van der Waals surface area contributed by atoms with Crippen molar-refractivity contribution < 1.29 is 9.13 Å². The average molecular weight is 261 g/mol. The van der Waals surface area contributed by atoms with Gasteiger partial charge in [-0.3, -0.25) is 0 Å². The van der Waals surface area contributed by atoms with E-state index in [2.05, 4.69) is 15.3 Å². The van der Waals surface area contributed by atoms with Gasteiger partial charge in [-0.2, -0.15) is 0 Å². The average Bonchev–Trinajstić information content (AvgIpc) is 2.46. The Kier molecular flexibility index (Phi) is 4.41. The molecule has 1 unspecified atom stereocenters. The highest BCUT2D eigenvalue weighted by molar-refractivity contribution is 5.55. The van der Waals surface area contributed by atoms with Crippen molar-refractivity contribution in [1.29, 1.82) is 0 Å². The van der Waals surface area contributed by atoms with Gasteiger partial charge in [-0.1, -0.05) is 12.1 Å². The van der Waals surface area contributed by atoms with Gasteiger partial charge in [0.2, 0.25) is 0 Å². The molecule has 1 N–H and O–H groups in total. The summed E-state index contributed by atoms with van der Waals surface area (Å²) in [5.41, 5.74) is 0.387. The number of nitrogens with zero attached hydrogens (tertiary/aromatic N) is 2. The van der Waals surface area contributed by atoms with Crippen LogP contribution in [-0.4, -0.2) is 29.7 Å². The van der Waals surface area contributed by atoms with Gasteiger partial charge in [0.1, 0.15) is 12.4 Å². The van der Waals surface area contributed by atoms with E-state index in [4.69, 9.17) is 4.74 Å². The van der Waals surface area contributed by atoms with Crippen LogP contribution in [0.2, 0.25) is 0 Å². The fraction of sp³-hybridized carbons (Fsp3) is 0.286. The number of likely N-dealkylation sites (N-methyl/N-ethyl adjacent to an activating group) is 1. The molecule has 5 heteroatoms. The molecular formula is C14H16FN3O. The van der Waals surface area contributed by atoms with E-state index in [9.17, 15) is 4.39 Å². The van der Waals surface area contributed by atoms with E-state index in [0.717, 1.165) is 0 Å². The Morgan fingerprint density at radius 1 is 1.26 bits per heavy atom. The summed E-state index contributed by atoms with van der Waals surface area (Å²) >= 11 is 0. The van der Waals surface area contributed by atoms with Crippen LogP contribution in [0.15, 0.2) is 36.7 Å². The van der Waals surface area contributed by atoms with Crippen molar-refractivity contribution in [1.82, 2.24) is 15.3 Å². The van der Waals surface area contributed by atoms with Gasteiger partial charge in [-0.05, 0) is 26.1 Å². The van der Waals surface area contributed by atoms with Gasteiger partial charge in [0, 0.05) is 6.04 Å². The molecule has 1 aromatic heterocycles. The second-order valence-corrected chi connectivity index (χ2v) is 4.22. The fourth-order valence-corrected chi connectivity index (χ4v) is 1.48. The molecule has 0 aliphatic carbocycles. The third-order valence-electron chi connectivity index (χ3n) is 2.74. The number of ether oxygens (including phenoxy) is 1.